The van der Waals surface area contributed by atoms with E-state index in [2.05, 4.69) is 34.6 Å². The Balaban J connectivity index is 1.48. The molecule has 0 radical (unpaired) electrons. The number of alkyl carbamates (subject to hydrolysis) is 1. The van der Waals surface area contributed by atoms with Crippen LogP contribution in [0, 0.1) is 13.8 Å². The number of aryl methyl sites for hydroxylation is 2. The number of amides is 1. The lowest BCUT2D eigenvalue weighted by atomic mass is 9.98. The number of fused-ring (bicyclic) bond motifs is 3. The molecule has 0 fully saturated rings. The number of ether oxygens (including phenoxy) is 1. The highest BCUT2D eigenvalue weighted by Crippen LogP contribution is 2.44. The second-order valence-corrected chi connectivity index (χ2v) is 8.55. The van der Waals surface area contributed by atoms with Gasteiger partial charge in [0.15, 0.2) is 0 Å². The Kier molecular flexibility index (Phi) is 5.55. The zero-order valence-corrected chi connectivity index (χ0v) is 17.5. The summed E-state index contributed by atoms with van der Waals surface area (Å²) in [5.74, 6) is -1.06. The lowest BCUT2D eigenvalue weighted by molar-refractivity contribution is -0.137. The largest absolute Gasteiger partial charge is 0.481 e. The van der Waals surface area contributed by atoms with Gasteiger partial charge < -0.3 is 15.2 Å². The van der Waals surface area contributed by atoms with Crippen LogP contribution in [-0.2, 0) is 9.53 Å². The number of thiazole rings is 1. The predicted octanol–water partition coefficient (Wildman–Crippen LogP) is 4.81. The molecule has 0 spiro atoms. The molecule has 7 heteroatoms. The molecule has 1 amide bonds. The monoisotopic (exact) mass is 422 g/mol. The fraction of sp³-hybridized carbons (Fsp3) is 0.261. The quantitative estimate of drug-likeness (QED) is 0.595. The number of carboxylic acid groups (broad SMARTS) is 1. The summed E-state index contributed by atoms with van der Waals surface area (Å²) in [6.45, 7) is 3.96. The second-order valence-electron chi connectivity index (χ2n) is 7.31. The lowest BCUT2D eigenvalue weighted by Gasteiger charge is -2.17. The molecular formula is C23H22N2O4S. The highest BCUT2D eigenvalue weighted by molar-refractivity contribution is 7.11. The molecular weight excluding hydrogens is 400 g/mol. The number of hydrogen-bond acceptors (Lipinski definition) is 5. The van der Waals surface area contributed by atoms with Crippen molar-refractivity contribution >= 4 is 23.4 Å². The van der Waals surface area contributed by atoms with Gasteiger partial charge in [-0.3, -0.25) is 4.79 Å². The third kappa shape index (κ3) is 3.93. The van der Waals surface area contributed by atoms with Gasteiger partial charge in [-0.2, -0.15) is 0 Å². The van der Waals surface area contributed by atoms with Crippen LogP contribution in [0.1, 0.15) is 45.1 Å². The van der Waals surface area contributed by atoms with Crippen LogP contribution in [0.2, 0.25) is 0 Å². The van der Waals surface area contributed by atoms with Gasteiger partial charge in [-0.25, -0.2) is 9.78 Å². The Bertz CT molecular complexity index is 1040. The Morgan fingerprint density at radius 2 is 1.70 bits per heavy atom. The van der Waals surface area contributed by atoms with E-state index in [9.17, 15) is 14.7 Å². The van der Waals surface area contributed by atoms with Crippen LogP contribution in [0.4, 0.5) is 4.79 Å². The normalized spacial score (nSPS) is 13.4. The first-order chi connectivity index (χ1) is 14.4. The molecule has 154 valence electrons. The SMILES string of the molecule is Cc1nc([C@@H](CC(=O)O)NC(=O)OCC2c3ccccc3-c3ccccc32)sc1C. The molecule has 1 aliphatic carbocycles. The maximum Gasteiger partial charge on any atom is 0.407 e. The molecule has 0 bridgehead atoms. The third-order valence-corrected chi connectivity index (χ3v) is 6.54. The first-order valence-electron chi connectivity index (χ1n) is 9.71. The number of rotatable bonds is 6. The van der Waals surface area contributed by atoms with E-state index in [0.717, 1.165) is 32.8 Å². The highest BCUT2D eigenvalue weighted by Gasteiger charge is 2.30. The summed E-state index contributed by atoms with van der Waals surface area (Å²) in [6, 6.07) is 15.5. The van der Waals surface area contributed by atoms with E-state index in [-0.39, 0.29) is 18.9 Å². The van der Waals surface area contributed by atoms with Crippen molar-refractivity contribution in [1.82, 2.24) is 10.3 Å². The third-order valence-electron chi connectivity index (χ3n) is 5.36. The van der Waals surface area contributed by atoms with Crippen LogP contribution < -0.4 is 5.32 Å². The molecule has 1 heterocycles. The average Bonchev–Trinajstić information content (AvgIpc) is 3.23. The van der Waals surface area contributed by atoms with Crippen LogP contribution in [0.3, 0.4) is 0 Å². The van der Waals surface area contributed by atoms with Gasteiger partial charge in [0.25, 0.3) is 0 Å². The summed E-state index contributed by atoms with van der Waals surface area (Å²) in [6.07, 6.45) is -0.898. The van der Waals surface area contributed by atoms with Crippen LogP contribution in [0.15, 0.2) is 48.5 Å². The van der Waals surface area contributed by atoms with Crippen LogP contribution in [0.25, 0.3) is 11.1 Å². The van der Waals surface area contributed by atoms with Crippen molar-refractivity contribution in [2.45, 2.75) is 32.2 Å². The molecule has 1 aromatic heterocycles. The summed E-state index contributed by atoms with van der Waals surface area (Å²) < 4.78 is 5.54. The molecule has 30 heavy (non-hydrogen) atoms. The van der Waals surface area contributed by atoms with Crippen molar-refractivity contribution < 1.29 is 19.4 Å². The Labute approximate surface area is 178 Å². The number of aromatic nitrogens is 1. The van der Waals surface area contributed by atoms with Crippen LogP contribution in [-0.4, -0.2) is 28.8 Å². The van der Waals surface area contributed by atoms with E-state index in [4.69, 9.17) is 4.74 Å². The van der Waals surface area contributed by atoms with Crippen LogP contribution >= 0.6 is 11.3 Å². The second kappa shape index (κ2) is 8.28. The minimum atomic E-state index is -1.01. The molecule has 0 aliphatic heterocycles. The number of carbonyl (C=O) groups excluding carboxylic acids is 1. The number of nitrogens with one attached hydrogen (secondary N) is 1. The summed E-state index contributed by atoms with van der Waals surface area (Å²) in [4.78, 5) is 29.2. The summed E-state index contributed by atoms with van der Waals surface area (Å²) >= 11 is 1.39. The van der Waals surface area contributed by atoms with Gasteiger partial charge in [0.2, 0.25) is 0 Å². The molecule has 2 N–H and O–H groups in total. The van der Waals surface area contributed by atoms with Gasteiger partial charge in [-0.1, -0.05) is 48.5 Å². The standard InChI is InChI=1S/C23H22N2O4S/c1-13-14(2)30-22(24-13)20(11-21(26)27)25-23(28)29-12-19-17-9-5-3-7-15(17)16-8-4-6-10-18(16)19/h3-10,19-20H,11-12H2,1-2H3,(H,25,28)(H,26,27)/t20-/m1/s1. The molecule has 4 rings (SSSR count). The van der Waals surface area contributed by atoms with E-state index in [0.29, 0.717) is 5.01 Å². The molecule has 2 aromatic carbocycles. The number of carbonyl (C=O) groups is 2. The van der Waals surface area contributed by atoms with E-state index < -0.39 is 18.1 Å². The predicted molar refractivity (Wildman–Crippen MR) is 115 cm³/mol. The van der Waals surface area contributed by atoms with E-state index in [1.165, 1.54) is 11.3 Å². The fourth-order valence-electron chi connectivity index (χ4n) is 3.80. The van der Waals surface area contributed by atoms with Crippen molar-refractivity contribution in [3.05, 3.63) is 75.2 Å². The molecule has 3 aromatic rings. The summed E-state index contributed by atoms with van der Waals surface area (Å²) in [5.41, 5.74) is 5.39. The number of aliphatic carboxylic acids is 1. The van der Waals surface area contributed by atoms with Gasteiger partial charge in [0.1, 0.15) is 11.6 Å². The zero-order chi connectivity index (χ0) is 21.3. The lowest BCUT2D eigenvalue weighted by Crippen LogP contribution is -2.31. The maximum absolute atomic E-state index is 12.5. The van der Waals surface area contributed by atoms with Crippen molar-refractivity contribution in [2.24, 2.45) is 0 Å². The Morgan fingerprint density at radius 1 is 1.10 bits per heavy atom. The molecule has 1 atom stereocenters. The van der Waals surface area contributed by atoms with E-state index in [1.54, 1.807) is 0 Å². The molecule has 0 saturated carbocycles. The molecule has 0 unspecified atom stereocenters. The zero-order valence-electron chi connectivity index (χ0n) is 16.7. The summed E-state index contributed by atoms with van der Waals surface area (Å²) in [5, 5.41) is 12.5. The number of hydrogen-bond donors (Lipinski definition) is 2. The van der Waals surface area contributed by atoms with Crippen LogP contribution in [0.5, 0.6) is 0 Å². The smallest absolute Gasteiger partial charge is 0.407 e. The van der Waals surface area contributed by atoms with Gasteiger partial charge in [-0.05, 0) is 36.1 Å². The van der Waals surface area contributed by atoms with Gasteiger partial charge in [-0.15, -0.1) is 11.3 Å². The first-order valence-corrected chi connectivity index (χ1v) is 10.5. The average molecular weight is 423 g/mol. The van der Waals surface area contributed by atoms with Gasteiger partial charge in [0, 0.05) is 10.8 Å². The molecule has 1 aliphatic rings. The first kappa shape index (κ1) is 20.1. The molecule has 6 nitrogen and oxygen atoms in total. The van der Waals surface area contributed by atoms with Gasteiger partial charge >= 0.3 is 12.1 Å². The topological polar surface area (TPSA) is 88.5 Å². The van der Waals surface area contributed by atoms with E-state index in [1.807, 2.05) is 38.1 Å². The van der Waals surface area contributed by atoms with Crippen molar-refractivity contribution in [1.29, 1.82) is 0 Å². The number of benzene rings is 2. The van der Waals surface area contributed by atoms with Crippen molar-refractivity contribution in [3.63, 3.8) is 0 Å². The van der Waals surface area contributed by atoms with Crippen molar-refractivity contribution in [2.75, 3.05) is 6.61 Å². The molecule has 0 saturated heterocycles. The maximum atomic E-state index is 12.5. The Morgan fingerprint density at radius 3 is 2.23 bits per heavy atom. The summed E-state index contributed by atoms with van der Waals surface area (Å²) in [7, 11) is 0. The fourth-order valence-corrected chi connectivity index (χ4v) is 4.78. The Hall–Kier alpha value is -3.19. The van der Waals surface area contributed by atoms with Gasteiger partial charge in [0.05, 0.1) is 18.2 Å². The minimum absolute atomic E-state index is 0.0505. The highest BCUT2D eigenvalue weighted by atomic mass is 32.1. The number of nitrogens with zero attached hydrogens (tertiary/aromatic N) is 1. The van der Waals surface area contributed by atoms with E-state index >= 15 is 0 Å². The van der Waals surface area contributed by atoms with Crippen molar-refractivity contribution in [3.8, 4) is 11.1 Å². The number of carboxylic acids is 1. The minimum Gasteiger partial charge on any atom is -0.481 e.